The SMILES string of the molecule is CCN1C[C@]2(CC1=O)CN(Cc1ccsc1)CCN(C(=O)C(C)C)C2. The third-order valence-corrected chi connectivity index (χ3v) is 6.08. The molecule has 6 heteroatoms. The maximum Gasteiger partial charge on any atom is 0.225 e. The number of nitrogens with zero attached hydrogens (tertiary/aromatic N) is 3. The maximum absolute atomic E-state index is 12.7. The van der Waals surface area contributed by atoms with E-state index < -0.39 is 0 Å². The zero-order valence-electron chi connectivity index (χ0n) is 15.5. The molecule has 3 rings (SSSR count). The van der Waals surface area contributed by atoms with E-state index in [1.165, 1.54) is 5.56 Å². The summed E-state index contributed by atoms with van der Waals surface area (Å²) >= 11 is 1.72. The van der Waals surface area contributed by atoms with Gasteiger partial charge >= 0.3 is 0 Å². The van der Waals surface area contributed by atoms with Crippen LogP contribution in [-0.4, -0.2) is 65.8 Å². The van der Waals surface area contributed by atoms with E-state index in [0.29, 0.717) is 13.0 Å². The molecule has 1 aromatic rings. The lowest BCUT2D eigenvalue weighted by molar-refractivity contribution is -0.135. The van der Waals surface area contributed by atoms with Crippen molar-refractivity contribution >= 4 is 23.2 Å². The van der Waals surface area contributed by atoms with Crippen LogP contribution in [0.5, 0.6) is 0 Å². The highest BCUT2D eigenvalue weighted by molar-refractivity contribution is 7.07. The Morgan fingerprint density at radius 2 is 2.08 bits per heavy atom. The summed E-state index contributed by atoms with van der Waals surface area (Å²) < 4.78 is 0. The van der Waals surface area contributed by atoms with Crippen molar-refractivity contribution in [2.75, 3.05) is 39.3 Å². The van der Waals surface area contributed by atoms with Crippen molar-refractivity contribution in [3.05, 3.63) is 22.4 Å². The van der Waals surface area contributed by atoms with Crippen LogP contribution in [0.25, 0.3) is 0 Å². The molecule has 2 saturated heterocycles. The van der Waals surface area contributed by atoms with Gasteiger partial charge in [-0.1, -0.05) is 13.8 Å². The van der Waals surface area contributed by atoms with Crippen molar-refractivity contribution in [2.24, 2.45) is 11.3 Å². The van der Waals surface area contributed by atoms with Gasteiger partial charge in [-0.25, -0.2) is 0 Å². The van der Waals surface area contributed by atoms with Gasteiger partial charge in [-0.05, 0) is 29.3 Å². The molecule has 0 radical (unpaired) electrons. The van der Waals surface area contributed by atoms with Gasteiger partial charge in [-0.2, -0.15) is 11.3 Å². The predicted molar refractivity (Wildman–Crippen MR) is 100 cm³/mol. The van der Waals surface area contributed by atoms with Gasteiger partial charge in [-0.15, -0.1) is 0 Å². The number of amides is 2. The van der Waals surface area contributed by atoms with Crippen molar-refractivity contribution < 1.29 is 9.59 Å². The average molecular weight is 364 g/mol. The summed E-state index contributed by atoms with van der Waals surface area (Å²) in [7, 11) is 0. The summed E-state index contributed by atoms with van der Waals surface area (Å²) in [6.07, 6.45) is 0.558. The van der Waals surface area contributed by atoms with E-state index in [2.05, 4.69) is 21.7 Å². The van der Waals surface area contributed by atoms with E-state index in [4.69, 9.17) is 0 Å². The van der Waals surface area contributed by atoms with Gasteiger partial charge in [0, 0.05) is 63.6 Å². The normalized spacial score (nSPS) is 25.2. The third-order valence-electron chi connectivity index (χ3n) is 5.35. The van der Waals surface area contributed by atoms with Crippen LogP contribution >= 0.6 is 11.3 Å². The fourth-order valence-corrected chi connectivity index (χ4v) is 4.82. The molecule has 138 valence electrons. The number of likely N-dealkylation sites (tertiary alicyclic amines) is 1. The first-order valence-electron chi connectivity index (χ1n) is 9.22. The predicted octanol–water partition coefficient (Wildman–Crippen LogP) is 2.29. The fourth-order valence-electron chi connectivity index (χ4n) is 4.16. The number of hydrogen-bond acceptors (Lipinski definition) is 4. The van der Waals surface area contributed by atoms with E-state index in [9.17, 15) is 9.59 Å². The molecule has 1 atom stereocenters. The molecule has 2 fully saturated rings. The van der Waals surface area contributed by atoms with Crippen LogP contribution in [0.15, 0.2) is 16.8 Å². The lowest BCUT2D eigenvalue weighted by atomic mass is 9.85. The Labute approximate surface area is 154 Å². The van der Waals surface area contributed by atoms with Crippen molar-refractivity contribution in [2.45, 2.75) is 33.7 Å². The van der Waals surface area contributed by atoms with E-state index in [0.717, 1.165) is 39.3 Å². The molecule has 0 aliphatic carbocycles. The van der Waals surface area contributed by atoms with Gasteiger partial charge in [0.15, 0.2) is 0 Å². The largest absolute Gasteiger partial charge is 0.342 e. The Bertz CT molecular complexity index is 616. The van der Waals surface area contributed by atoms with Crippen LogP contribution in [0.2, 0.25) is 0 Å². The first kappa shape index (κ1) is 18.4. The minimum absolute atomic E-state index is 0.000133. The molecule has 3 heterocycles. The average Bonchev–Trinajstić information content (AvgIpc) is 3.13. The minimum atomic E-state index is -0.135. The van der Waals surface area contributed by atoms with Gasteiger partial charge < -0.3 is 9.80 Å². The minimum Gasteiger partial charge on any atom is -0.342 e. The van der Waals surface area contributed by atoms with Crippen LogP contribution in [0.1, 0.15) is 32.8 Å². The molecule has 1 aromatic heterocycles. The lowest BCUT2D eigenvalue weighted by Gasteiger charge is -2.34. The molecule has 0 N–H and O–H groups in total. The summed E-state index contributed by atoms with van der Waals surface area (Å²) in [6, 6.07) is 2.16. The standard InChI is InChI=1S/C19H29N3O2S/c1-4-21-13-19(9-17(21)23)12-20(10-16-5-8-25-11-16)6-7-22(14-19)18(24)15(2)3/h5,8,11,15H,4,6-7,9-10,12-14H2,1-3H3/t19-/m0/s1. The monoisotopic (exact) mass is 363 g/mol. The first-order chi connectivity index (χ1) is 11.9. The van der Waals surface area contributed by atoms with Gasteiger partial charge in [0.2, 0.25) is 11.8 Å². The van der Waals surface area contributed by atoms with Crippen LogP contribution in [-0.2, 0) is 16.1 Å². The maximum atomic E-state index is 12.7. The molecular formula is C19H29N3O2S. The Balaban J connectivity index is 1.82. The Hall–Kier alpha value is -1.40. The van der Waals surface area contributed by atoms with E-state index >= 15 is 0 Å². The molecular weight excluding hydrogens is 334 g/mol. The molecule has 0 saturated carbocycles. The summed E-state index contributed by atoms with van der Waals surface area (Å²) in [4.78, 5) is 31.5. The highest BCUT2D eigenvalue weighted by Gasteiger charge is 2.46. The van der Waals surface area contributed by atoms with Crippen molar-refractivity contribution in [3.8, 4) is 0 Å². The number of carbonyl (C=O) groups excluding carboxylic acids is 2. The van der Waals surface area contributed by atoms with E-state index in [-0.39, 0.29) is 23.1 Å². The molecule has 1 spiro atoms. The van der Waals surface area contributed by atoms with Crippen LogP contribution in [0.3, 0.4) is 0 Å². The third kappa shape index (κ3) is 4.06. The molecule has 0 aromatic carbocycles. The molecule has 2 aliphatic heterocycles. The van der Waals surface area contributed by atoms with E-state index in [1.807, 2.05) is 30.6 Å². The Kier molecular flexibility index (Phi) is 5.49. The summed E-state index contributed by atoms with van der Waals surface area (Å²) in [5, 5.41) is 4.29. The van der Waals surface area contributed by atoms with Crippen molar-refractivity contribution in [3.63, 3.8) is 0 Å². The Morgan fingerprint density at radius 3 is 2.68 bits per heavy atom. The quantitative estimate of drug-likeness (QED) is 0.824. The number of carbonyl (C=O) groups is 2. The second kappa shape index (κ2) is 7.46. The molecule has 2 aliphatic rings. The second-order valence-corrected chi connectivity index (χ2v) is 8.62. The molecule has 0 bridgehead atoms. The van der Waals surface area contributed by atoms with Crippen LogP contribution in [0.4, 0.5) is 0 Å². The van der Waals surface area contributed by atoms with Crippen LogP contribution < -0.4 is 0 Å². The number of hydrogen-bond donors (Lipinski definition) is 0. The Morgan fingerprint density at radius 1 is 1.28 bits per heavy atom. The van der Waals surface area contributed by atoms with Gasteiger partial charge in [0.25, 0.3) is 0 Å². The van der Waals surface area contributed by atoms with Gasteiger partial charge in [0.1, 0.15) is 0 Å². The summed E-state index contributed by atoms with van der Waals surface area (Å²) in [6.45, 7) is 11.6. The van der Waals surface area contributed by atoms with Gasteiger partial charge in [-0.3, -0.25) is 14.5 Å². The number of rotatable bonds is 4. The lowest BCUT2D eigenvalue weighted by Crippen LogP contribution is -2.45. The molecule has 2 amide bonds. The summed E-state index contributed by atoms with van der Waals surface area (Å²) in [5.41, 5.74) is 1.19. The van der Waals surface area contributed by atoms with Crippen LogP contribution in [0, 0.1) is 11.3 Å². The highest BCUT2D eigenvalue weighted by Crippen LogP contribution is 2.35. The first-order valence-corrected chi connectivity index (χ1v) is 10.2. The number of thiophene rings is 1. The molecule has 0 unspecified atom stereocenters. The smallest absolute Gasteiger partial charge is 0.225 e. The topological polar surface area (TPSA) is 43.9 Å². The van der Waals surface area contributed by atoms with Crippen molar-refractivity contribution in [1.82, 2.24) is 14.7 Å². The van der Waals surface area contributed by atoms with Crippen molar-refractivity contribution in [1.29, 1.82) is 0 Å². The molecule has 25 heavy (non-hydrogen) atoms. The highest BCUT2D eigenvalue weighted by atomic mass is 32.1. The van der Waals surface area contributed by atoms with Gasteiger partial charge in [0.05, 0.1) is 0 Å². The molecule has 5 nitrogen and oxygen atoms in total. The summed E-state index contributed by atoms with van der Waals surface area (Å²) in [5.74, 6) is 0.441. The van der Waals surface area contributed by atoms with E-state index in [1.54, 1.807) is 11.3 Å². The zero-order valence-corrected chi connectivity index (χ0v) is 16.3. The second-order valence-electron chi connectivity index (χ2n) is 7.84. The zero-order chi connectivity index (χ0) is 18.0. The fraction of sp³-hybridized carbons (Fsp3) is 0.684.